The third kappa shape index (κ3) is 3.82. The molecule has 0 radical (unpaired) electrons. The Morgan fingerprint density at radius 2 is 1.65 bits per heavy atom. The predicted molar refractivity (Wildman–Crippen MR) is 80.5 cm³/mol. The number of rotatable bonds is 4. The molecule has 0 saturated carbocycles. The average Bonchev–Trinajstić information content (AvgIpc) is 2.41. The van der Waals surface area contributed by atoms with E-state index in [0.29, 0.717) is 5.02 Å². The topological polar surface area (TPSA) is 58.5 Å². The van der Waals surface area contributed by atoms with Gasteiger partial charge in [0.2, 0.25) is 0 Å². The number of benzene rings is 2. The molecular weight excluding hydrogens is 296 g/mol. The maximum atomic E-state index is 11.9. The van der Waals surface area contributed by atoms with Gasteiger partial charge in [-0.3, -0.25) is 0 Å². The second-order valence-corrected chi connectivity index (χ2v) is 6.31. The number of nitrogens with zero attached hydrogens (tertiary/aromatic N) is 1. The van der Waals surface area contributed by atoms with E-state index in [4.69, 9.17) is 11.6 Å². The summed E-state index contributed by atoms with van der Waals surface area (Å²) in [6, 6.07) is 13.4. The van der Waals surface area contributed by atoms with Crippen LogP contribution in [0.2, 0.25) is 5.02 Å². The van der Waals surface area contributed by atoms with Gasteiger partial charge in [0, 0.05) is 5.02 Å². The van der Waals surface area contributed by atoms with Crippen LogP contribution in [0.5, 0.6) is 0 Å². The number of hydrogen-bond acceptors (Lipinski definition) is 3. The quantitative estimate of drug-likeness (QED) is 0.697. The minimum absolute atomic E-state index is 0.177. The van der Waals surface area contributed by atoms with Crippen LogP contribution < -0.4 is 4.83 Å². The Labute approximate surface area is 123 Å². The molecule has 1 N–H and O–H groups in total. The Bertz CT molecular complexity index is 708. The lowest BCUT2D eigenvalue weighted by atomic mass is 10.2. The van der Waals surface area contributed by atoms with Crippen LogP contribution in [0.25, 0.3) is 0 Å². The zero-order valence-corrected chi connectivity index (χ0v) is 12.3. The van der Waals surface area contributed by atoms with Crippen molar-refractivity contribution < 1.29 is 8.42 Å². The normalized spacial score (nSPS) is 11.7. The van der Waals surface area contributed by atoms with E-state index in [9.17, 15) is 8.42 Å². The Hall–Kier alpha value is -1.85. The van der Waals surface area contributed by atoms with Gasteiger partial charge in [0.1, 0.15) is 0 Å². The van der Waals surface area contributed by atoms with Gasteiger partial charge >= 0.3 is 0 Å². The summed E-state index contributed by atoms with van der Waals surface area (Å²) >= 11 is 5.76. The van der Waals surface area contributed by atoms with Gasteiger partial charge in [0.25, 0.3) is 10.0 Å². The van der Waals surface area contributed by atoms with E-state index in [2.05, 4.69) is 9.93 Å². The Morgan fingerprint density at radius 1 is 1.05 bits per heavy atom. The molecule has 2 aromatic carbocycles. The van der Waals surface area contributed by atoms with Crippen molar-refractivity contribution in [2.75, 3.05) is 0 Å². The summed E-state index contributed by atoms with van der Waals surface area (Å²) in [7, 11) is -3.63. The molecule has 0 bridgehead atoms. The van der Waals surface area contributed by atoms with Crippen molar-refractivity contribution in [1.82, 2.24) is 4.83 Å². The molecule has 2 rings (SSSR count). The Balaban J connectivity index is 2.09. The summed E-state index contributed by atoms with van der Waals surface area (Å²) < 4.78 is 23.9. The van der Waals surface area contributed by atoms with Crippen molar-refractivity contribution in [1.29, 1.82) is 0 Å². The van der Waals surface area contributed by atoms with E-state index in [1.54, 1.807) is 36.4 Å². The zero-order chi connectivity index (χ0) is 14.6. The average molecular weight is 309 g/mol. The molecule has 0 saturated heterocycles. The van der Waals surface area contributed by atoms with Gasteiger partial charge in [-0.2, -0.15) is 13.5 Å². The molecule has 4 nitrogen and oxygen atoms in total. The van der Waals surface area contributed by atoms with Gasteiger partial charge in [-0.1, -0.05) is 41.4 Å². The zero-order valence-electron chi connectivity index (χ0n) is 10.7. The van der Waals surface area contributed by atoms with Crippen LogP contribution in [0.4, 0.5) is 0 Å². The number of aryl methyl sites for hydroxylation is 1. The first-order valence-electron chi connectivity index (χ1n) is 5.84. The van der Waals surface area contributed by atoms with Crippen molar-refractivity contribution in [3.05, 3.63) is 64.7 Å². The van der Waals surface area contributed by atoms with Crippen molar-refractivity contribution in [3.63, 3.8) is 0 Å². The summed E-state index contributed by atoms with van der Waals surface area (Å²) in [5, 5.41) is 4.35. The fourth-order valence-electron chi connectivity index (χ4n) is 1.49. The molecule has 104 valence electrons. The van der Waals surface area contributed by atoms with Crippen LogP contribution in [0.1, 0.15) is 11.1 Å². The summed E-state index contributed by atoms with van der Waals surface area (Å²) in [6.07, 6.45) is 1.42. The number of nitrogens with one attached hydrogen (secondary N) is 1. The highest BCUT2D eigenvalue weighted by molar-refractivity contribution is 7.89. The van der Waals surface area contributed by atoms with Crippen LogP contribution in [0.15, 0.2) is 58.5 Å². The first-order chi connectivity index (χ1) is 9.47. The Kier molecular flexibility index (Phi) is 4.42. The van der Waals surface area contributed by atoms with Crippen molar-refractivity contribution in [2.45, 2.75) is 11.8 Å². The van der Waals surface area contributed by atoms with E-state index in [1.807, 2.05) is 6.92 Å². The van der Waals surface area contributed by atoms with E-state index in [-0.39, 0.29) is 4.90 Å². The molecule has 0 aromatic heterocycles. The van der Waals surface area contributed by atoms with Gasteiger partial charge < -0.3 is 0 Å². The molecule has 0 spiro atoms. The third-order valence-electron chi connectivity index (χ3n) is 2.59. The highest BCUT2D eigenvalue weighted by atomic mass is 35.5. The summed E-state index contributed by atoms with van der Waals surface area (Å²) in [5.41, 5.74) is 1.75. The fourth-order valence-corrected chi connectivity index (χ4v) is 2.41. The minimum atomic E-state index is -3.63. The molecule has 0 unspecified atom stereocenters. The molecule has 0 aliphatic heterocycles. The minimum Gasteiger partial charge on any atom is -0.200 e. The lowest BCUT2D eigenvalue weighted by molar-refractivity contribution is 0.584. The van der Waals surface area contributed by atoms with E-state index < -0.39 is 10.0 Å². The third-order valence-corrected chi connectivity index (χ3v) is 4.08. The van der Waals surface area contributed by atoms with Crippen molar-refractivity contribution in [3.8, 4) is 0 Å². The number of hydrazone groups is 1. The Morgan fingerprint density at radius 3 is 2.25 bits per heavy atom. The van der Waals surface area contributed by atoms with Crippen LogP contribution in [-0.2, 0) is 10.0 Å². The molecule has 20 heavy (non-hydrogen) atoms. The van der Waals surface area contributed by atoms with Gasteiger partial charge in [0.15, 0.2) is 0 Å². The number of hydrogen-bond donors (Lipinski definition) is 1. The molecule has 0 aliphatic carbocycles. The smallest absolute Gasteiger partial charge is 0.200 e. The molecule has 0 aliphatic rings. The summed E-state index contributed by atoms with van der Waals surface area (Å²) in [5.74, 6) is 0. The standard InChI is InChI=1S/C14H13ClN2O2S/c1-11-2-8-14(9-3-11)20(18,19)17-16-10-12-4-6-13(15)7-5-12/h2-10,17H,1H3/b16-10+. The molecule has 2 aromatic rings. The van der Waals surface area contributed by atoms with Gasteiger partial charge in [-0.25, -0.2) is 4.83 Å². The van der Waals surface area contributed by atoms with E-state index in [0.717, 1.165) is 11.1 Å². The molecule has 6 heteroatoms. The SMILES string of the molecule is Cc1ccc(S(=O)(=O)N/N=C/c2ccc(Cl)cc2)cc1. The second kappa shape index (κ2) is 6.07. The second-order valence-electron chi connectivity index (χ2n) is 4.22. The highest BCUT2D eigenvalue weighted by Gasteiger charge is 2.11. The van der Waals surface area contributed by atoms with Gasteiger partial charge in [-0.15, -0.1) is 0 Å². The number of sulfonamides is 1. The molecule has 0 heterocycles. The van der Waals surface area contributed by atoms with Crippen LogP contribution >= 0.6 is 11.6 Å². The molecular formula is C14H13ClN2O2S. The predicted octanol–water partition coefficient (Wildman–Crippen LogP) is 2.96. The monoisotopic (exact) mass is 308 g/mol. The molecule has 0 amide bonds. The highest BCUT2D eigenvalue weighted by Crippen LogP contribution is 2.10. The van der Waals surface area contributed by atoms with Gasteiger partial charge in [0.05, 0.1) is 11.1 Å². The van der Waals surface area contributed by atoms with E-state index in [1.165, 1.54) is 18.3 Å². The lowest BCUT2D eigenvalue weighted by Gasteiger charge is -2.03. The van der Waals surface area contributed by atoms with E-state index >= 15 is 0 Å². The van der Waals surface area contributed by atoms with Crippen molar-refractivity contribution >= 4 is 27.8 Å². The first kappa shape index (κ1) is 14.6. The number of halogens is 1. The first-order valence-corrected chi connectivity index (χ1v) is 7.70. The van der Waals surface area contributed by atoms with Crippen LogP contribution in [0, 0.1) is 6.92 Å². The van der Waals surface area contributed by atoms with Gasteiger partial charge in [-0.05, 0) is 36.8 Å². The maximum Gasteiger partial charge on any atom is 0.276 e. The maximum absolute atomic E-state index is 11.9. The fraction of sp³-hybridized carbons (Fsp3) is 0.0714. The van der Waals surface area contributed by atoms with Crippen LogP contribution in [0.3, 0.4) is 0 Å². The lowest BCUT2D eigenvalue weighted by Crippen LogP contribution is -2.18. The summed E-state index contributed by atoms with van der Waals surface area (Å²) in [4.78, 5) is 2.34. The molecule has 0 fully saturated rings. The molecule has 0 atom stereocenters. The largest absolute Gasteiger partial charge is 0.276 e. The van der Waals surface area contributed by atoms with Crippen LogP contribution in [-0.4, -0.2) is 14.6 Å². The summed E-state index contributed by atoms with van der Waals surface area (Å²) in [6.45, 7) is 1.89. The van der Waals surface area contributed by atoms with Crippen molar-refractivity contribution in [2.24, 2.45) is 5.10 Å².